The number of aromatic hydroxyl groups is 1. The van der Waals surface area contributed by atoms with Crippen LogP contribution in [0.25, 0.3) is 10.9 Å². The molecule has 148 valence electrons. The Morgan fingerprint density at radius 2 is 1.93 bits per heavy atom. The summed E-state index contributed by atoms with van der Waals surface area (Å²) in [4.78, 5) is 23.0. The van der Waals surface area contributed by atoms with E-state index in [-0.39, 0.29) is 11.7 Å². The van der Waals surface area contributed by atoms with Gasteiger partial charge in [0, 0.05) is 36.1 Å². The van der Waals surface area contributed by atoms with Crippen molar-refractivity contribution in [3.63, 3.8) is 0 Å². The van der Waals surface area contributed by atoms with Gasteiger partial charge in [-0.25, -0.2) is 9.97 Å². The molecule has 0 unspecified atom stereocenters. The van der Waals surface area contributed by atoms with E-state index in [4.69, 9.17) is 11.5 Å². The van der Waals surface area contributed by atoms with Gasteiger partial charge in [0.25, 0.3) is 5.91 Å². The first-order chi connectivity index (χ1) is 14.0. The third-order valence-electron chi connectivity index (χ3n) is 4.92. The first-order valence-corrected chi connectivity index (χ1v) is 9.29. The van der Waals surface area contributed by atoms with Crippen molar-refractivity contribution in [3.05, 3.63) is 71.6 Å². The molecule has 2 aromatic carbocycles. The maximum atomic E-state index is 12.6. The molecule has 6 N–H and O–H groups in total. The summed E-state index contributed by atoms with van der Waals surface area (Å²) in [5, 5.41) is 14.1. The molecule has 4 rings (SSSR count). The number of anilines is 1. The zero-order chi connectivity index (χ0) is 20.4. The SMILES string of the molecule is NC(N)c1ccc(O)c(CNc2ncnc3cc(C(=O)N4CC=CC4)ccc23)c1. The highest BCUT2D eigenvalue weighted by Gasteiger charge is 2.17. The van der Waals surface area contributed by atoms with Crippen molar-refractivity contribution in [3.8, 4) is 5.75 Å². The number of nitrogens with two attached hydrogens (primary N) is 2. The second-order valence-corrected chi connectivity index (χ2v) is 6.90. The van der Waals surface area contributed by atoms with Gasteiger partial charge in [-0.1, -0.05) is 18.2 Å². The minimum Gasteiger partial charge on any atom is -0.508 e. The average molecular weight is 390 g/mol. The summed E-state index contributed by atoms with van der Waals surface area (Å²) in [6.45, 7) is 1.59. The average Bonchev–Trinajstić information content (AvgIpc) is 3.27. The Morgan fingerprint density at radius 3 is 2.69 bits per heavy atom. The number of carbonyl (C=O) groups excluding carboxylic acids is 1. The number of benzene rings is 2. The molecule has 0 saturated carbocycles. The Kier molecular flexibility index (Phi) is 5.11. The number of carbonyl (C=O) groups is 1. The molecule has 8 nitrogen and oxygen atoms in total. The van der Waals surface area contributed by atoms with Crippen molar-refractivity contribution >= 4 is 22.6 Å². The van der Waals surface area contributed by atoms with E-state index < -0.39 is 6.17 Å². The molecular formula is C21H22N6O2. The molecule has 1 aliphatic rings. The molecule has 0 saturated heterocycles. The standard InChI is InChI=1S/C21H22N6O2/c22-19(23)13-4-6-18(28)15(9-13)11-24-20-16-5-3-14(10-17(16)25-12-26-20)21(29)27-7-1-2-8-27/h1-6,9-10,12,19,28H,7-8,11,22-23H2,(H,24,25,26). The van der Waals surface area contributed by atoms with E-state index in [9.17, 15) is 9.90 Å². The van der Waals surface area contributed by atoms with Crippen LogP contribution < -0.4 is 16.8 Å². The second-order valence-electron chi connectivity index (χ2n) is 6.90. The van der Waals surface area contributed by atoms with Gasteiger partial charge in [-0.15, -0.1) is 0 Å². The molecule has 0 atom stereocenters. The predicted octanol–water partition coefficient (Wildman–Crippen LogP) is 1.88. The van der Waals surface area contributed by atoms with Crippen LogP contribution >= 0.6 is 0 Å². The third kappa shape index (κ3) is 3.89. The molecule has 29 heavy (non-hydrogen) atoms. The summed E-state index contributed by atoms with van der Waals surface area (Å²) in [5.41, 5.74) is 14.1. The van der Waals surface area contributed by atoms with Gasteiger partial charge < -0.3 is 26.8 Å². The van der Waals surface area contributed by atoms with E-state index in [1.807, 2.05) is 18.2 Å². The Balaban J connectivity index is 1.57. The monoisotopic (exact) mass is 390 g/mol. The third-order valence-corrected chi connectivity index (χ3v) is 4.92. The van der Waals surface area contributed by atoms with Crippen LogP contribution in [0.4, 0.5) is 5.82 Å². The zero-order valence-electron chi connectivity index (χ0n) is 15.7. The highest BCUT2D eigenvalue weighted by molar-refractivity contribution is 6.00. The maximum absolute atomic E-state index is 12.6. The molecule has 8 heteroatoms. The number of nitrogens with zero attached hydrogens (tertiary/aromatic N) is 3. The molecule has 0 bridgehead atoms. The zero-order valence-corrected chi connectivity index (χ0v) is 15.7. The minimum absolute atomic E-state index is 0.0233. The highest BCUT2D eigenvalue weighted by atomic mass is 16.3. The molecular weight excluding hydrogens is 368 g/mol. The second kappa shape index (κ2) is 7.86. The van der Waals surface area contributed by atoms with Crippen molar-refractivity contribution < 1.29 is 9.90 Å². The molecule has 0 radical (unpaired) electrons. The van der Waals surface area contributed by atoms with Gasteiger partial charge in [0.05, 0.1) is 11.7 Å². The van der Waals surface area contributed by atoms with Crippen molar-refractivity contribution in [1.29, 1.82) is 0 Å². The quantitative estimate of drug-likeness (QED) is 0.386. The summed E-state index contributed by atoms with van der Waals surface area (Å²) in [6.07, 6.45) is 4.79. The minimum atomic E-state index is -0.615. The number of fused-ring (bicyclic) bond motifs is 1. The van der Waals surface area contributed by atoms with E-state index >= 15 is 0 Å². The number of phenols is 1. The lowest BCUT2D eigenvalue weighted by molar-refractivity contribution is 0.0800. The van der Waals surface area contributed by atoms with Crippen LogP contribution in [0.1, 0.15) is 27.7 Å². The molecule has 0 spiro atoms. The Labute approximate surface area is 167 Å². The lowest BCUT2D eigenvalue weighted by Gasteiger charge is -2.16. The predicted molar refractivity (Wildman–Crippen MR) is 111 cm³/mol. The van der Waals surface area contributed by atoms with Gasteiger partial charge in [-0.05, 0) is 35.9 Å². The first kappa shape index (κ1) is 18.9. The van der Waals surface area contributed by atoms with Crippen molar-refractivity contribution in [2.24, 2.45) is 11.5 Å². The largest absolute Gasteiger partial charge is 0.508 e. The normalized spacial score (nSPS) is 13.4. The smallest absolute Gasteiger partial charge is 0.254 e. The van der Waals surface area contributed by atoms with E-state index in [0.29, 0.717) is 42.1 Å². The topological polar surface area (TPSA) is 130 Å². The van der Waals surface area contributed by atoms with E-state index in [1.54, 1.807) is 35.2 Å². The van der Waals surface area contributed by atoms with Crippen molar-refractivity contribution in [2.75, 3.05) is 18.4 Å². The van der Waals surface area contributed by atoms with Crippen molar-refractivity contribution in [1.82, 2.24) is 14.9 Å². The molecule has 1 amide bonds. The van der Waals surface area contributed by atoms with Crippen molar-refractivity contribution in [2.45, 2.75) is 12.7 Å². The van der Waals surface area contributed by atoms with E-state index in [1.165, 1.54) is 6.33 Å². The summed E-state index contributed by atoms with van der Waals surface area (Å²) < 4.78 is 0. The number of rotatable bonds is 5. The van der Waals surface area contributed by atoms with Crippen LogP contribution in [-0.4, -0.2) is 39.0 Å². The summed E-state index contributed by atoms with van der Waals surface area (Å²) in [7, 11) is 0. The molecule has 2 heterocycles. The number of hydrogen-bond acceptors (Lipinski definition) is 7. The van der Waals surface area contributed by atoms with Crippen LogP contribution in [0.2, 0.25) is 0 Å². The van der Waals surface area contributed by atoms with Gasteiger partial charge in [0.2, 0.25) is 0 Å². The van der Waals surface area contributed by atoms with Gasteiger partial charge in [0.15, 0.2) is 0 Å². The number of nitrogens with one attached hydrogen (secondary N) is 1. The fraction of sp³-hybridized carbons (Fsp3) is 0.190. The molecule has 1 aliphatic heterocycles. The van der Waals surface area contributed by atoms with Gasteiger partial charge >= 0.3 is 0 Å². The summed E-state index contributed by atoms with van der Waals surface area (Å²) >= 11 is 0. The maximum Gasteiger partial charge on any atom is 0.254 e. The first-order valence-electron chi connectivity index (χ1n) is 9.29. The van der Waals surface area contributed by atoms with Crippen LogP contribution in [0, 0.1) is 0 Å². The highest BCUT2D eigenvalue weighted by Crippen LogP contribution is 2.25. The number of aromatic nitrogens is 2. The van der Waals surface area contributed by atoms with Gasteiger partial charge in [-0.3, -0.25) is 4.79 Å². The molecule has 0 fully saturated rings. The molecule has 1 aromatic heterocycles. The Morgan fingerprint density at radius 1 is 1.14 bits per heavy atom. The van der Waals surface area contributed by atoms with Gasteiger partial charge in [-0.2, -0.15) is 0 Å². The lowest BCUT2D eigenvalue weighted by atomic mass is 10.1. The fourth-order valence-corrected chi connectivity index (χ4v) is 3.29. The lowest BCUT2D eigenvalue weighted by Crippen LogP contribution is -2.28. The molecule has 0 aliphatic carbocycles. The fourth-order valence-electron chi connectivity index (χ4n) is 3.29. The number of hydrogen-bond donors (Lipinski definition) is 4. The number of amides is 1. The van der Waals surface area contributed by atoms with Crippen LogP contribution in [-0.2, 0) is 6.54 Å². The van der Waals surface area contributed by atoms with Gasteiger partial charge in [0.1, 0.15) is 17.9 Å². The van der Waals surface area contributed by atoms with Crippen LogP contribution in [0.3, 0.4) is 0 Å². The van der Waals surface area contributed by atoms with Crippen LogP contribution in [0.5, 0.6) is 5.75 Å². The Hall–Kier alpha value is -3.49. The van der Waals surface area contributed by atoms with E-state index in [2.05, 4.69) is 15.3 Å². The van der Waals surface area contributed by atoms with Crippen LogP contribution in [0.15, 0.2) is 54.9 Å². The summed E-state index contributed by atoms with van der Waals surface area (Å²) in [5.74, 6) is 0.732. The van der Waals surface area contributed by atoms with E-state index in [0.717, 1.165) is 10.9 Å². The molecule has 3 aromatic rings. The number of phenolic OH excluding ortho intramolecular Hbond substituents is 1. The summed E-state index contributed by atoms with van der Waals surface area (Å²) in [6, 6.07) is 10.4. The Bertz CT molecular complexity index is 1090.